The molecule has 0 radical (unpaired) electrons. The van der Waals surface area contributed by atoms with Gasteiger partial charge in [0, 0.05) is 19.6 Å². The Labute approximate surface area is 113 Å². The van der Waals surface area contributed by atoms with Crippen LogP contribution in [0.1, 0.15) is 19.8 Å². The molecule has 0 aromatic heterocycles. The van der Waals surface area contributed by atoms with Gasteiger partial charge >= 0.3 is 26.2 Å². The molecule has 2 nitrogen and oxygen atoms in total. The van der Waals surface area contributed by atoms with Crippen LogP contribution in [0.2, 0.25) is 0 Å². The van der Waals surface area contributed by atoms with Gasteiger partial charge in [-0.2, -0.15) is 12.8 Å². The Balaban J connectivity index is 0.00000196. The molecule has 1 unspecified atom stereocenters. The second kappa shape index (κ2) is 6.98. The largest absolute Gasteiger partial charge is 2.00 e. The molecule has 1 aliphatic rings. The van der Waals surface area contributed by atoms with Crippen LogP contribution in [0.5, 0.6) is 0 Å². The molecule has 15 heavy (non-hydrogen) atoms. The van der Waals surface area contributed by atoms with Crippen LogP contribution in [-0.4, -0.2) is 27.4 Å². The van der Waals surface area contributed by atoms with Crippen molar-refractivity contribution in [2.24, 2.45) is 11.3 Å². The maximum atomic E-state index is 5.27. The van der Waals surface area contributed by atoms with Crippen molar-refractivity contribution in [1.29, 1.82) is 0 Å². The molecule has 0 aliphatic heterocycles. The predicted molar refractivity (Wildman–Crippen MR) is 56.7 cm³/mol. The molecule has 0 heterocycles. The van der Waals surface area contributed by atoms with E-state index in [0.717, 1.165) is 26.1 Å². The molecular weight excluding hydrogens is 267 g/mol. The van der Waals surface area contributed by atoms with Crippen molar-refractivity contribution in [3.63, 3.8) is 0 Å². The molecule has 0 amide bonds. The van der Waals surface area contributed by atoms with Crippen LogP contribution >= 0.6 is 0 Å². The smallest absolute Gasteiger partial charge is 0.503 e. The van der Waals surface area contributed by atoms with Crippen LogP contribution in [-0.2, 0) is 35.7 Å². The van der Waals surface area contributed by atoms with Gasteiger partial charge in [-0.25, -0.2) is 0 Å². The van der Waals surface area contributed by atoms with Crippen LogP contribution in [0.4, 0.5) is 0 Å². The van der Waals surface area contributed by atoms with Gasteiger partial charge in [0.25, 0.3) is 0 Å². The van der Waals surface area contributed by atoms with Crippen molar-refractivity contribution < 1.29 is 35.7 Å². The summed E-state index contributed by atoms with van der Waals surface area (Å²) in [6, 6.07) is 0. The minimum atomic E-state index is 0. The minimum absolute atomic E-state index is 0. The molecule has 0 spiro atoms. The van der Waals surface area contributed by atoms with E-state index in [1.165, 1.54) is 5.57 Å². The number of methoxy groups -OCH3 is 2. The van der Waals surface area contributed by atoms with Crippen LogP contribution < -0.4 is 0 Å². The molecule has 84 valence electrons. The van der Waals surface area contributed by atoms with E-state index in [2.05, 4.69) is 13.0 Å². The standard InChI is InChI=1S/C12H20O2.Zr/c1-5-11-7-12(8-13-3,9-14-4)6-10(11)2;/h10H,2,6-9H2,1,3-4H3;/q-2;+2. The number of hydrogen-bond donors (Lipinski definition) is 0. The summed E-state index contributed by atoms with van der Waals surface area (Å²) in [5, 5.41) is 0. The molecule has 0 aromatic rings. The summed E-state index contributed by atoms with van der Waals surface area (Å²) in [7, 11) is 3.49. The van der Waals surface area contributed by atoms with Gasteiger partial charge in [-0.3, -0.25) is 5.57 Å². The topological polar surface area (TPSA) is 18.5 Å². The Bertz CT molecular complexity index is 208. The zero-order valence-corrected chi connectivity index (χ0v) is 12.4. The average Bonchev–Trinajstić information content (AvgIpc) is 2.44. The summed E-state index contributed by atoms with van der Waals surface area (Å²) in [6.07, 6.45) is 5.29. The zero-order valence-electron chi connectivity index (χ0n) is 9.93. The Morgan fingerprint density at radius 2 is 1.93 bits per heavy atom. The SMILES string of the molecule is [CH2-]C1CC(COC)(COC)CC1=[C-]C.[Zr+2]. The van der Waals surface area contributed by atoms with Gasteiger partial charge in [-0.05, 0) is 0 Å². The Kier molecular flexibility index (Phi) is 7.24. The van der Waals surface area contributed by atoms with Crippen LogP contribution in [0.25, 0.3) is 0 Å². The third-order valence-electron chi connectivity index (χ3n) is 2.96. The molecule has 0 N–H and O–H groups in total. The molecule has 3 heteroatoms. The van der Waals surface area contributed by atoms with Crippen molar-refractivity contribution in [3.05, 3.63) is 18.6 Å². The van der Waals surface area contributed by atoms with Crippen molar-refractivity contribution in [2.45, 2.75) is 19.8 Å². The van der Waals surface area contributed by atoms with Crippen LogP contribution in [0.15, 0.2) is 5.57 Å². The molecule has 1 rings (SSSR count). The van der Waals surface area contributed by atoms with Gasteiger partial charge in [0.2, 0.25) is 0 Å². The molecule has 1 fully saturated rings. The van der Waals surface area contributed by atoms with Gasteiger partial charge in [-0.1, -0.05) is 12.8 Å². The fraction of sp³-hybridized carbons (Fsp3) is 0.750. The van der Waals surface area contributed by atoms with Crippen molar-refractivity contribution in [2.75, 3.05) is 27.4 Å². The van der Waals surface area contributed by atoms with Gasteiger partial charge in [0.1, 0.15) is 0 Å². The maximum absolute atomic E-state index is 5.27. The first kappa shape index (κ1) is 15.5. The third-order valence-corrected chi connectivity index (χ3v) is 2.96. The first-order valence-corrected chi connectivity index (χ1v) is 5.02. The number of rotatable bonds is 4. The van der Waals surface area contributed by atoms with E-state index in [1.807, 2.05) is 6.92 Å². The van der Waals surface area contributed by atoms with Gasteiger partial charge in [0.05, 0.1) is 13.2 Å². The summed E-state index contributed by atoms with van der Waals surface area (Å²) in [5.74, 6) is 0.380. The monoisotopic (exact) mass is 286 g/mol. The van der Waals surface area contributed by atoms with Crippen molar-refractivity contribution in [1.82, 2.24) is 0 Å². The van der Waals surface area contributed by atoms with Gasteiger partial charge in [0.15, 0.2) is 0 Å². The predicted octanol–water partition coefficient (Wildman–Crippen LogP) is 2.26. The van der Waals surface area contributed by atoms with E-state index < -0.39 is 0 Å². The average molecular weight is 288 g/mol. The number of hydrogen-bond acceptors (Lipinski definition) is 2. The zero-order chi connectivity index (χ0) is 10.6. The fourth-order valence-electron chi connectivity index (χ4n) is 2.43. The van der Waals surface area contributed by atoms with Crippen LogP contribution in [0.3, 0.4) is 0 Å². The van der Waals surface area contributed by atoms with E-state index in [1.54, 1.807) is 14.2 Å². The fourth-order valence-corrected chi connectivity index (χ4v) is 2.43. The van der Waals surface area contributed by atoms with Gasteiger partial charge in [-0.15, -0.1) is 0 Å². The Hall–Kier alpha value is 0.543. The molecule has 1 saturated carbocycles. The van der Waals surface area contributed by atoms with Crippen molar-refractivity contribution >= 4 is 0 Å². The van der Waals surface area contributed by atoms with Crippen molar-refractivity contribution in [3.8, 4) is 0 Å². The number of allylic oxidation sites excluding steroid dienone is 2. The Morgan fingerprint density at radius 3 is 2.27 bits per heavy atom. The summed E-state index contributed by atoms with van der Waals surface area (Å²) >= 11 is 0. The van der Waals surface area contributed by atoms with E-state index in [0.29, 0.717) is 5.92 Å². The second-order valence-corrected chi connectivity index (χ2v) is 4.22. The molecule has 0 saturated heterocycles. The van der Waals surface area contributed by atoms with E-state index in [9.17, 15) is 0 Å². The van der Waals surface area contributed by atoms with E-state index >= 15 is 0 Å². The van der Waals surface area contributed by atoms with Crippen LogP contribution in [0, 0.1) is 24.3 Å². The third kappa shape index (κ3) is 3.80. The Morgan fingerprint density at radius 1 is 1.40 bits per heavy atom. The molecule has 1 aliphatic carbocycles. The van der Waals surface area contributed by atoms with E-state index in [-0.39, 0.29) is 31.6 Å². The molecule has 0 aromatic carbocycles. The summed E-state index contributed by atoms with van der Waals surface area (Å²) in [5.41, 5.74) is 1.45. The summed E-state index contributed by atoms with van der Waals surface area (Å²) in [4.78, 5) is 0. The second-order valence-electron chi connectivity index (χ2n) is 4.22. The summed E-state index contributed by atoms with van der Waals surface area (Å²) in [6.45, 7) is 7.60. The molecular formula is C12H20O2Zr. The van der Waals surface area contributed by atoms with E-state index in [4.69, 9.17) is 9.47 Å². The first-order chi connectivity index (χ1) is 6.67. The normalized spacial score (nSPS) is 26.7. The van der Waals surface area contributed by atoms with Gasteiger partial charge < -0.3 is 22.5 Å². The minimum Gasteiger partial charge on any atom is -0.503 e. The molecule has 1 atom stereocenters. The number of ether oxygens (including phenoxy) is 2. The summed E-state index contributed by atoms with van der Waals surface area (Å²) < 4.78 is 10.5. The first-order valence-electron chi connectivity index (χ1n) is 5.02. The maximum Gasteiger partial charge on any atom is 2.00 e. The molecule has 0 bridgehead atoms. The quantitative estimate of drug-likeness (QED) is 0.739.